The summed E-state index contributed by atoms with van der Waals surface area (Å²) in [6.07, 6.45) is 5.10. The molecule has 1 saturated carbocycles. The molecule has 1 aromatic carbocycles. The molecule has 0 aromatic heterocycles. The summed E-state index contributed by atoms with van der Waals surface area (Å²) in [5.74, 6) is 0.192. The third-order valence-corrected chi connectivity index (χ3v) is 6.13. The Balaban J connectivity index is 1.66. The maximum absolute atomic E-state index is 11.6. The molecule has 25 heavy (non-hydrogen) atoms. The molecule has 134 valence electrons. The normalized spacial score (nSPS) is 28.2. The maximum Gasteiger partial charge on any atom is 0.257 e. The van der Waals surface area contributed by atoms with Gasteiger partial charge in [0.2, 0.25) is 5.91 Å². The van der Waals surface area contributed by atoms with Gasteiger partial charge in [-0.25, -0.2) is 6.57 Å². The number of amides is 1. The van der Waals surface area contributed by atoms with Crippen LogP contribution in [-0.2, 0) is 10.3 Å². The van der Waals surface area contributed by atoms with E-state index >= 15 is 0 Å². The minimum atomic E-state index is -0.334. The topological polar surface area (TPSA) is 27.9 Å². The van der Waals surface area contributed by atoms with Gasteiger partial charge in [-0.3, -0.25) is 9.69 Å². The molecule has 0 spiro atoms. The van der Waals surface area contributed by atoms with Crippen molar-refractivity contribution in [3.63, 3.8) is 0 Å². The molecule has 0 atom stereocenters. The van der Waals surface area contributed by atoms with E-state index in [-0.39, 0.29) is 11.4 Å². The molecule has 0 N–H and O–H groups in total. The number of aryl methyl sites for hydroxylation is 1. The van der Waals surface area contributed by atoms with E-state index in [0.717, 1.165) is 58.3 Å². The highest BCUT2D eigenvalue weighted by atomic mass is 16.2. The van der Waals surface area contributed by atoms with Gasteiger partial charge in [-0.2, -0.15) is 0 Å². The standard InChI is InChI=1S/C21H29N3O/c1-17-7-4-5-8-20(17)21(22-3)11-9-19(10-12-21)24-14-6-13-23(15-16-24)18(2)25/h4-5,7-8,19H,6,9-16H2,1-2H3. The third-order valence-electron chi connectivity index (χ3n) is 6.13. The number of nitrogens with zero attached hydrogens (tertiary/aromatic N) is 3. The number of benzene rings is 1. The zero-order valence-electron chi connectivity index (χ0n) is 15.5. The van der Waals surface area contributed by atoms with Gasteiger partial charge >= 0.3 is 0 Å². The smallest absolute Gasteiger partial charge is 0.257 e. The van der Waals surface area contributed by atoms with E-state index < -0.39 is 0 Å². The van der Waals surface area contributed by atoms with Gasteiger partial charge < -0.3 is 9.74 Å². The van der Waals surface area contributed by atoms with Crippen LogP contribution in [0.5, 0.6) is 0 Å². The minimum Gasteiger partial charge on any atom is -0.342 e. The molecule has 1 amide bonds. The lowest BCUT2D eigenvalue weighted by atomic mass is 9.74. The lowest BCUT2D eigenvalue weighted by Gasteiger charge is -2.38. The molecule has 1 heterocycles. The Kier molecular flexibility index (Phi) is 5.44. The Labute approximate surface area is 151 Å². The summed E-state index contributed by atoms with van der Waals surface area (Å²) in [5, 5.41) is 0. The van der Waals surface area contributed by atoms with Crippen molar-refractivity contribution in [1.29, 1.82) is 0 Å². The number of hydrogen-bond donors (Lipinski definition) is 0. The fourth-order valence-electron chi connectivity index (χ4n) is 4.60. The molecule has 0 unspecified atom stereocenters. The van der Waals surface area contributed by atoms with Crippen LogP contribution in [-0.4, -0.2) is 47.9 Å². The first-order valence-corrected chi connectivity index (χ1v) is 9.50. The zero-order chi connectivity index (χ0) is 17.9. The summed E-state index contributed by atoms with van der Waals surface area (Å²) in [5.41, 5.74) is 2.13. The molecule has 2 aliphatic rings. The Morgan fingerprint density at radius 3 is 2.52 bits per heavy atom. The van der Waals surface area contributed by atoms with Crippen LogP contribution in [0.4, 0.5) is 0 Å². The summed E-state index contributed by atoms with van der Waals surface area (Å²) in [6, 6.07) is 8.95. The third kappa shape index (κ3) is 3.72. The summed E-state index contributed by atoms with van der Waals surface area (Å²) < 4.78 is 0. The van der Waals surface area contributed by atoms with E-state index in [1.807, 2.05) is 4.90 Å². The second-order valence-corrected chi connectivity index (χ2v) is 7.59. The van der Waals surface area contributed by atoms with Crippen LogP contribution >= 0.6 is 0 Å². The van der Waals surface area contributed by atoms with Crippen molar-refractivity contribution in [2.45, 2.75) is 57.5 Å². The van der Waals surface area contributed by atoms with Crippen LogP contribution in [0, 0.1) is 13.5 Å². The van der Waals surface area contributed by atoms with Crippen LogP contribution in [0.2, 0.25) is 0 Å². The van der Waals surface area contributed by atoms with Crippen molar-refractivity contribution < 1.29 is 4.79 Å². The SMILES string of the molecule is [C-]#[N+]C1(c2ccccc2C)CCC(N2CCCN(C(C)=O)CC2)CC1. The predicted molar refractivity (Wildman–Crippen MR) is 100 cm³/mol. The predicted octanol–water partition coefficient (Wildman–Crippen LogP) is 3.61. The quantitative estimate of drug-likeness (QED) is 0.770. The van der Waals surface area contributed by atoms with E-state index in [4.69, 9.17) is 6.57 Å². The second kappa shape index (κ2) is 7.58. The van der Waals surface area contributed by atoms with E-state index in [1.165, 1.54) is 11.1 Å². The maximum atomic E-state index is 11.6. The van der Waals surface area contributed by atoms with Gasteiger partial charge in [-0.1, -0.05) is 24.3 Å². The molecule has 4 nitrogen and oxygen atoms in total. The number of carbonyl (C=O) groups is 1. The van der Waals surface area contributed by atoms with E-state index in [1.54, 1.807) is 6.92 Å². The zero-order valence-corrected chi connectivity index (χ0v) is 15.5. The van der Waals surface area contributed by atoms with Crippen molar-refractivity contribution in [1.82, 2.24) is 9.80 Å². The largest absolute Gasteiger partial charge is 0.342 e. The van der Waals surface area contributed by atoms with Crippen LogP contribution in [0.1, 0.15) is 50.2 Å². The Bertz CT molecular complexity index is 655. The summed E-state index contributed by atoms with van der Waals surface area (Å²) in [4.78, 5) is 20.3. The molecule has 1 aliphatic carbocycles. The molecular formula is C21H29N3O. The van der Waals surface area contributed by atoms with Gasteiger partial charge in [0.05, 0.1) is 0 Å². The van der Waals surface area contributed by atoms with Gasteiger partial charge in [0.15, 0.2) is 0 Å². The average molecular weight is 339 g/mol. The molecule has 1 aliphatic heterocycles. The second-order valence-electron chi connectivity index (χ2n) is 7.59. The molecule has 1 aromatic rings. The minimum absolute atomic E-state index is 0.192. The van der Waals surface area contributed by atoms with Gasteiger partial charge in [-0.15, -0.1) is 0 Å². The van der Waals surface area contributed by atoms with Crippen molar-refractivity contribution in [2.75, 3.05) is 26.2 Å². The first-order chi connectivity index (χ1) is 12.1. The van der Waals surface area contributed by atoms with Gasteiger partial charge in [0, 0.05) is 57.5 Å². The lowest BCUT2D eigenvalue weighted by molar-refractivity contribution is -0.128. The fraction of sp³-hybridized carbons (Fsp3) is 0.619. The molecule has 0 bridgehead atoms. The van der Waals surface area contributed by atoms with Crippen molar-refractivity contribution in [3.8, 4) is 0 Å². The van der Waals surface area contributed by atoms with Crippen LogP contribution < -0.4 is 0 Å². The molecule has 3 rings (SSSR count). The summed E-state index contributed by atoms with van der Waals surface area (Å²) >= 11 is 0. The van der Waals surface area contributed by atoms with Gasteiger partial charge in [0.1, 0.15) is 0 Å². The first kappa shape index (κ1) is 17.9. The van der Waals surface area contributed by atoms with Gasteiger partial charge in [0.25, 0.3) is 5.54 Å². The molecule has 2 fully saturated rings. The number of rotatable bonds is 2. The number of carbonyl (C=O) groups excluding carboxylic acids is 1. The Morgan fingerprint density at radius 2 is 1.88 bits per heavy atom. The van der Waals surface area contributed by atoms with E-state index in [9.17, 15) is 4.79 Å². The summed E-state index contributed by atoms with van der Waals surface area (Å²) in [6.45, 7) is 15.4. The highest BCUT2D eigenvalue weighted by Gasteiger charge is 2.44. The first-order valence-electron chi connectivity index (χ1n) is 9.50. The molecule has 4 heteroatoms. The lowest BCUT2D eigenvalue weighted by Crippen LogP contribution is -2.43. The highest BCUT2D eigenvalue weighted by Crippen LogP contribution is 2.43. The highest BCUT2D eigenvalue weighted by molar-refractivity contribution is 5.73. The molecule has 1 saturated heterocycles. The van der Waals surface area contributed by atoms with Crippen LogP contribution in [0.15, 0.2) is 24.3 Å². The van der Waals surface area contributed by atoms with Crippen LogP contribution in [0.3, 0.4) is 0 Å². The average Bonchev–Trinajstić information content (AvgIpc) is 2.88. The molecule has 0 radical (unpaired) electrons. The van der Waals surface area contributed by atoms with Gasteiger partial charge in [-0.05, 0) is 31.7 Å². The Hall–Kier alpha value is -1.86. The number of hydrogen-bond acceptors (Lipinski definition) is 2. The Morgan fingerprint density at radius 1 is 1.16 bits per heavy atom. The van der Waals surface area contributed by atoms with Crippen molar-refractivity contribution in [2.24, 2.45) is 0 Å². The summed E-state index contributed by atoms with van der Waals surface area (Å²) in [7, 11) is 0. The van der Waals surface area contributed by atoms with Crippen LogP contribution in [0.25, 0.3) is 4.85 Å². The molecular weight excluding hydrogens is 310 g/mol. The monoisotopic (exact) mass is 339 g/mol. The van der Waals surface area contributed by atoms with E-state index in [0.29, 0.717) is 6.04 Å². The van der Waals surface area contributed by atoms with Crippen molar-refractivity contribution >= 4 is 5.91 Å². The van der Waals surface area contributed by atoms with Crippen molar-refractivity contribution in [3.05, 3.63) is 46.8 Å². The van der Waals surface area contributed by atoms with E-state index in [2.05, 4.69) is 40.9 Å². The fourth-order valence-corrected chi connectivity index (χ4v) is 4.60.